The van der Waals surface area contributed by atoms with Gasteiger partial charge in [-0.3, -0.25) is 9.59 Å². The van der Waals surface area contributed by atoms with E-state index in [1.54, 1.807) is 60.7 Å². The molecular formula is C48H32O10. The summed E-state index contributed by atoms with van der Waals surface area (Å²) in [6, 6.07) is 23.6. The molecule has 0 aliphatic carbocycles. The standard InChI is InChI=1S/C48H32O10/c1-21-17-25(53-3)35-39-31(21)32-22(2)18-26(54-4)36-40(32)44-42-34(30(20-28(56-6)38(42)46(36)50)58-48(52)24-15-11-8-12-16-24)33-29(57-47(51)23-13-9-7-10-14-23)19-27(55-5)37(45(35)49)41(33)43(39)44/h7-20H,1-6H3. The molecule has 0 atom stereocenters. The number of aryl methyl sites for hydroxylation is 2. The highest BCUT2D eigenvalue weighted by atomic mass is 16.5. The Bertz CT molecular complexity index is 3240. The lowest BCUT2D eigenvalue weighted by molar-refractivity contribution is 0.0725. The van der Waals surface area contributed by atoms with Gasteiger partial charge in [-0.15, -0.1) is 0 Å². The lowest BCUT2D eigenvalue weighted by atomic mass is 9.78. The summed E-state index contributed by atoms with van der Waals surface area (Å²) in [5.74, 6) is -0.329. The van der Waals surface area contributed by atoms with Gasteiger partial charge in [-0.05, 0) is 72.1 Å². The lowest BCUT2D eigenvalue weighted by Crippen LogP contribution is -2.15. The number of carbonyl (C=O) groups excluding carboxylic acids is 2. The maximum Gasteiger partial charge on any atom is 0.343 e. The summed E-state index contributed by atoms with van der Waals surface area (Å²) >= 11 is 0. The van der Waals surface area contributed by atoms with Crippen molar-refractivity contribution in [1.82, 2.24) is 0 Å². The van der Waals surface area contributed by atoms with Crippen LogP contribution in [-0.2, 0) is 0 Å². The Morgan fingerprint density at radius 1 is 0.362 bits per heavy atom. The summed E-state index contributed by atoms with van der Waals surface area (Å²) < 4.78 is 36.4. The van der Waals surface area contributed by atoms with Crippen LogP contribution >= 0.6 is 0 Å². The Morgan fingerprint density at radius 2 is 0.655 bits per heavy atom. The molecule has 0 unspecified atom stereocenters. The molecule has 0 N–H and O–H groups in total. The Hall–Kier alpha value is -7.46. The zero-order chi connectivity index (χ0) is 40.3. The number of hydrogen-bond donors (Lipinski definition) is 0. The first-order chi connectivity index (χ1) is 28.1. The van der Waals surface area contributed by atoms with E-state index in [1.165, 1.54) is 40.6 Å². The van der Waals surface area contributed by atoms with Crippen molar-refractivity contribution in [2.45, 2.75) is 13.8 Å². The summed E-state index contributed by atoms with van der Waals surface area (Å²) in [5.41, 5.74) is 1.39. The van der Waals surface area contributed by atoms with Gasteiger partial charge in [-0.1, -0.05) is 36.4 Å². The van der Waals surface area contributed by atoms with Crippen LogP contribution in [0.4, 0.5) is 0 Å². The number of rotatable bonds is 8. The van der Waals surface area contributed by atoms with Gasteiger partial charge in [0.05, 0.1) is 61.1 Å². The maximum atomic E-state index is 15.3. The molecule has 0 aromatic heterocycles. The number of hydrogen-bond acceptors (Lipinski definition) is 10. The minimum absolute atomic E-state index is 0.0173. The molecule has 0 saturated heterocycles. The van der Waals surface area contributed by atoms with Crippen LogP contribution in [0.15, 0.2) is 94.5 Å². The summed E-state index contributed by atoms with van der Waals surface area (Å²) in [5, 5.41) is 6.22. The quantitative estimate of drug-likeness (QED) is 0.0640. The third-order valence-electron chi connectivity index (χ3n) is 11.4. The summed E-state index contributed by atoms with van der Waals surface area (Å²) in [7, 11) is 5.91. The third-order valence-corrected chi connectivity index (χ3v) is 11.4. The summed E-state index contributed by atoms with van der Waals surface area (Å²) in [6.07, 6.45) is 0. The topological polar surface area (TPSA) is 124 Å². The fourth-order valence-corrected chi connectivity index (χ4v) is 9.16. The van der Waals surface area contributed by atoms with Crippen LogP contribution in [0.1, 0.15) is 31.8 Å². The Labute approximate surface area is 329 Å². The Kier molecular flexibility index (Phi) is 7.56. The zero-order valence-electron chi connectivity index (χ0n) is 32.2. The molecule has 0 saturated carbocycles. The second-order valence-corrected chi connectivity index (χ2v) is 14.4. The number of carbonyl (C=O) groups is 2. The van der Waals surface area contributed by atoms with Gasteiger partial charge in [0.1, 0.15) is 34.5 Å². The molecule has 0 heterocycles. The number of methoxy groups -OCH3 is 4. The van der Waals surface area contributed by atoms with Crippen LogP contribution < -0.4 is 39.3 Å². The van der Waals surface area contributed by atoms with Crippen LogP contribution in [0.2, 0.25) is 0 Å². The second kappa shape index (κ2) is 12.5. The van der Waals surface area contributed by atoms with Gasteiger partial charge in [-0.2, -0.15) is 0 Å². The summed E-state index contributed by atoms with van der Waals surface area (Å²) in [4.78, 5) is 58.5. The van der Waals surface area contributed by atoms with Crippen molar-refractivity contribution < 1.29 is 38.0 Å². The van der Waals surface area contributed by atoms with Crippen molar-refractivity contribution in [3.8, 4) is 34.5 Å². The second-order valence-electron chi connectivity index (χ2n) is 14.4. The highest BCUT2D eigenvalue weighted by molar-refractivity contribution is 6.51. The number of esters is 2. The molecule has 10 nitrogen and oxygen atoms in total. The van der Waals surface area contributed by atoms with Crippen LogP contribution in [0.25, 0.3) is 75.4 Å². The average Bonchev–Trinajstić information content (AvgIpc) is 3.24. The molecule has 284 valence electrons. The van der Waals surface area contributed by atoms with E-state index < -0.39 is 11.9 Å². The van der Waals surface area contributed by atoms with E-state index in [0.29, 0.717) is 54.6 Å². The molecular weight excluding hydrogens is 737 g/mol. The van der Waals surface area contributed by atoms with E-state index in [2.05, 4.69) is 0 Å². The molecule has 58 heavy (non-hydrogen) atoms. The van der Waals surface area contributed by atoms with Gasteiger partial charge in [-0.25, -0.2) is 9.59 Å². The van der Waals surface area contributed by atoms with Gasteiger partial charge in [0.15, 0.2) is 0 Å². The van der Waals surface area contributed by atoms with Crippen molar-refractivity contribution in [1.29, 1.82) is 0 Å². The minimum Gasteiger partial charge on any atom is -0.496 e. The van der Waals surface area contributed by atoms with Crippen molar-refractivity contribution in [2.75, 3.05) is 28.4 Å². The Morgan fingerprint density at radius 3 is 0.983 bits per heavy atom. The fraction of sp³-hybridized carbons (Fsp3) is 0.125. The molecule has 0 bridgehead atoms. The molecule has 0 aliphatic rings. The van der Waals surface area contributed by atoms with Gasteiger partial charge < -0.3 is 28.4 Å². The molecule has 0 fully saturated rings. The average molecular weight is 769 g/mol. The van der Waals surface area contributed by atoms with Gasteiger partial charge >= 0.3 is 11.9 Å². The lowest BCUT2D eigenvalue weighted by Gasteiger charge is -2.27. The molecule has 10 aromatic rings. The predicted octanol–water partition coefficient (Wildman–Crippen LogP) is 9.32. The van der Waals surface area contributed by atoms with Gasteiger partial charge in [0.25, 0.3) is 0 Å². The molecule has 10 aromatic carbocycles. The summed E-state index contributed by atoms with van der Waals surface area (Å²) in [6.45, 7) is 3.88. The predicted molar refractivity (Wildman–Crippen MR) is 225 cm³/mol. The molecule has 10 heteroatoms. The van der Waals surface area contributed by atoms with Crippen LogP contribution in [0.5, 0.6) is 34.5 Å². The van der Waals surface area contributed by atoms with Crippen molar-refractivity contribution in [2.24, 2.45) is 0 Å². The van der Waals surface area contributed by atoms with E-state index in [9.17, 15) is 9.59 Å². The normalized spacial score (nSPS) is 11.9. The number of fused-ring (bicyclic) bond motifs is 2. The number of benzene rings is 10. The minimum atomic E-state index is -0.683. The first-order valence-corrected chi connectivity index (χ1v) is 18.5. The molecule has 10 rings (SSSR count). The molecule has 0 radical (unpaired) electrons. The third kappa shape index (κ3) is 4.48. The molecule has 0 spiro atoms. The van der Waals surface area contributed by atoms with E-state index in [0.717, 1.165) is 21.9 Å². The van der Waals surface area contributed by atoms with Crippen LogP contribution in [0.3, 0.4) is 0 Å². The first kappa shape index (κ1) is 35.0. The molecule has 0 aliphatic heterocycles. The smallest absolute Gasteiger partial charge is 0.343 e. The molecule has 0 amide bonds. The van der Waals surface area contributed by atoms with E-state index in [-0.39, 0.29) is 66.5 Å². The van der Waals surface area contributed by atoms with Crippen LogP contribution in [0, 0.1) is 13.8 Å². The fourth-order valence-electron chi connectivity index (χ4n) is 9.16. The first-order valence-electron chi connectivity index (χ1n) is 18.5. The van der Waals surface area contributed by atoms with Crippen molar-refractivity contribution in [3.63, 3.8) is 0 Å². The van der Waals surface area contributed by atoms with E-state index in [1.807, 2.05) is 26.0 Å². The van der Waals surface area contributed by atoms with Crippen LogP contribution in [-0.4, -0.2) is 40.4 Å². The van der Waals surface area contributed by atoms with Gasteiger partial charge in [0.2, 0.25) is 10.9 Å². The van der Waals surface area contributed by atoms with Crippen molar-refractivity contribution in [3.05, 3.63) is 128 Å². The van der Waals surface area contributed by atoms with E-state index in [4.69, 9.17) is 28.4 Å². The van der Waals surface area contributed by atoms with E-state index >= 15 is 9.59 Å². The Balaban J connectivity index is 1.56. The largest absolute Gasteiger partial charge is 0.496 e. The highest BCUT2D eigenvalue weighted by Crippen LogP contribution is 2.57. The van der Waals surface area contributed by atoms with Crippen molar-refractivity contribution >= 4 is 87.3 Å². The monoisotopic (exact) mass is 768 g/mol. The maximum absolute atomic E-state index is 15.3. The van der Waals surface area contributed by atoms with Gasteiger partial charge in [0, 0.05) is 55.2 Å². The zero-order valence-corrected chi connectivity index (χ0v) is 32.2. The SMILES string of the molecule is COc1cc(C)c2c3c(C)cc(OC)c4c(=O)c5c(OC)cc(OC(=O)c6ccccc6)c6c7c(OC(=O)c8ccccc8)cc(OC)c8c(=O)c1c2c(c87)c(c43)c56. The number of ether oxygens (including phenoxy) is 6. The highest BCUT2D eigenvalue weighted by Gasteiger charge is 2.35.